The van der Waals surface area contributed by atoms with Gasteiger partial charge in [0.25, 0.3) is 5.91 Å². The second-order valence-electron chi connectivity index (χ2n) is 3.47. The summed E-state index contributed by atoms with van der Waals surface area (Å²) in [7, 11) is 0. The lowest BCUT2D eigenvalue weighted by Crippen LogP contribution is -2.36. The highest BCUT2D eigenvalue weighted by Crippen LogP contribution is 2.22. The van der Waals surface area contributed by atoms with Crippen LogP contribution in [0.4, 0.5) is 0 Å². The maximum atomic E-state index is 12.1. The second kappa shape index (κ2) is 6.66. The number of nitrogens with one attached hydrogen (secondary N) is 1. The van der Waals surface area contributed by atoms with Crippen LogP contribution in [0.1, 0.15) is 24.3 Å². The average molecular weight is 293 g/mol. The van der Waals surface area contributed by atoms with Gasteiger partial charge in [0.1, 0.15) is 17.4 Å². The van der Waals surface area contributed by atoms with E-state index in [-0.39, 0.29) is 34.9 Å². The van der Waals surface area contributed by atoms with Gasteiger partial charge in [-0.05, 0) is 19.9 Å². The quantitative estimate of drug-likeness (QED) is 0.848. The lowest BCUT2D eigenvalue weighted by atomic mass is 10.3. The summed E-state index contributed by atoms with van der Waals surface area (Å²) >= 11 is 11.5. The Morgan fingerprint density at radius 3 is 2.50 bits per heavy atom. The van der Waals surface area contributed by atoms with E-state index in [9.17, 15) is 9.59 Å². The molecule has 0 aliphatic rings. The molecule has 0 radical (unpaired) electrons. The lowest BCUT2D eigenvalue weighted by Gasteiger charge is -2.18. The molecule has 0 aliphatic heterocycles. The summed E-state index contributed by atoms with van der Waals surface area (Å²) in [6.07, 6.45) is 0. The van der Waals surface area contributed by atoms with E-state index in [0.717, 1.165) is 0 Å². The zero-order chi connectivity index (χ0) is 13.7. The van der Waals surface area contributed by atoms with Gasteiger partial charge in [-0.25, -0.2) is 0 Å². The minimum absolute atomic E-state index is 0.0998. The Kier molecular flexibility index (Phi) is 5.50. The van der Waals surface area contributed by atoms with E-state index in [1.165, 1.54) is 11.0 Å². The molecule has 1 aromatic rings. The zero-order valence-electron chi connectivity index (χ0n) is 10.1. The minimum Gasteiger partial charge on any atom is -0.465 e. The van der Waals surface area contributed by atoms with E-state index in [2.05, 4.69) is 4.98 Å². The summed E-state index contributed by atoms with van der Waals surface area (Å²) in [5.74, 6) is -0.796. The molecule has 100 valence electrons. The Labute approximate surface area is 115 Å². The first-order valence-electron chi connectivity index (χ1n) is 5.48. The van der Waals surface area contributed by atoms with E-state index in [1.807, 2.05) is 0 Å². The van der Waals surface area contributed by atoms with Gasteiger partial charge in [0.2, 0.25) is 0 Å². The first-order valence-corrected chi connectivity index (χ1v) is 6.24. The van der Waals surface area contributed by atoms with E-state index < -0.39 is 5.97 Å². The third kappa shape index (κ3) is 3.65. The van der Waals surface area contributed by atoms with Crippen molar-refractivity contribution in [1.82, 2.24) is 9.88 Å². The average Bonchev–Trinajstić information content (AvgIpc) is 2.66. The maximum absolute atomic E-state index is 12.1. The van der Waals surface area contributed by atoms with Crippen LogP contribution in [-0.4, -0.2) is 41.5 Å². The van der Waals surface area contributed by atoms with Crippen molar-refractivity contribution in [1.29, 1.82) is 0 Å². The fourth-order valence-electron chi connectivity index (χ4n) is 1.38. The second-order valence-corrected chi connectivity index (χ2v) is 4.25. The van der Waals surface area contributed by atoms with Crippen molar-refractivity contribution in [2.75, 3.05) is 19.7 Å². The van der Waals surface area contributed by atoms with Crippen LogP contribution < -0.4 is 0 Å². The normalized spacial score (nSPS) is 10.2. The summed E-state index contributed by atoms with van der Waals surface area (Å²) < 4.78 is 4.79. The number of esters is 1. The number of carbonyl (C=O) groups is 2. The molecule has 0 unspecified atom stereocenters. The van der Waals surface area contributed by atoms with Gasteiger partial charge in [-0.15, -0.1) is 0 Å². The first kappa shape index (κ1) is 14.9. The largest absolute Gasteiger partial charge is 0.465 e. The Morgan fingerprint density at radius 2 is 2.06 bits per heavy atom. The van der Waals surface area contributed by atoms with Gasteiger partial charge in [0, 0.05) is 6.54 Å². The fraction of sp³-hybridized carbons (Fsp3) is 0.455. The van der Waals surface area contributed by atoms with E-state index in [4.69, 9.17) is 27.9 Å². The van der Waals surface area contributed by atoms with Crippen molar-refractivity contribution in [3.63, 3.8) is 0 Å². The minimum atomic E-state index is -0.448. The maximum Gasteiger partial charge on any atom is 0.325 e. The Balaban J connectivity index is 2.76. The van der Waals surface area contributed by atoms with Crippen molar-refractivity contribution in [3.05, 3.63) is 21.9 Å². The molecule has 0 atom stereocenters. The Morgan fingerprint density at radius 1 is 1.39 bits per heavy atom. The predicted molar refractivity (Wildman–Crippen MR) is 69.0 cm³/mol. The number of ether oxygens (including phenoxy) is 1. The van der Waals surface area contributed by atoms with Gasteiger partial charge < -0.3 is 14.6 Å². The van der Waals surface area contributed by atoms with Gasteiger partial charge in [-0.1, -0.05) is 23.2 Å². The molecule has 0 aromatic carbocycles. The number of halogens is 2. The van der Waals surface area contributed by atoms with Crippen LogP contribution in [0, 0.1) is 0 Å². The molecule has 18 heavy (non-hydrogen) atoms. The fourth-order valence-corrected chi connectivity index (χ4v) is 1.69. The Hall–Kier alpha value is -1.20. The number of rotatable bonds is 5. The summed E-state index contributed by atoms with van der Waals surface area (Å²) in [4.78, 5) is 27.4. The van der Waals surface area contributed by atoms with Crippen molar-refractivity contribution in [2.45, 2.75) is 13.8 Å². The molecule has 0 saturated carbocycles. The number of hydrogen-bond donors (Lipinski definition) is 1. The lowest BCUT2D eigenvalue weighted by molar-refractivity contribution is -0.143. The van der Waals surface area contributed by atoms with Gasteiger partial charge in [0.05, 0.1) is 11.6 Å². The van der Waals surface area contributed by atoms with Gasteiger partial charge in [-0.3, -0.25) is 9.59 Å². The molecule has 1 amide bonds. The number of H-pyrrole nitrogens is 1. The molecular formula is C11H14Cl2N2O3. The number of amides is 1. The standard InChI is InChI=1S/C11H14Cl2N2O3/c1-3-15(6-9(16)18-4-2)11(17)8-5-7(12)10(13)14-8/h5,14H,3-4,6H2,1-2H3. The molecule has 1 heterocycles. The van der Waals surface area contributed by atoms with Crippen LogP contribution in [0.3, 0.4) is 0 Å². The predicted octanol–water partition coefficient (Wildman–Crippen LogP) is 2.35. The molecule has 0 spiro atoms. The molecule has 0 fully saturated rings. The van der Waals surface area contributed by atoms with Gasteiger partial charge in [-0.2, -0.15) is 0 Å². The number of likely N-dealkylation sites (N-methyl/N-ethyl adjacent to an activating group) is 1. The van der Waals surface area contributed by atoms with Crippen LogP contribution in [-0.2, 0) is 9.53 Å². The topological polar surface area (TPSA) is 62.4 Å². The molecule has 7 heteroatoms. The van der Waals surface area contributed by atoms with Crippen molar-refractivity contribution in [3.8, 4) is 0 Å². The smallest absolute Gasteiger partial charge is 0.325 e. The number of nitrogens with zero attached hydrogens (tertiary/aromatic N) is 1. The van der Waals surface area contributed by atoms with Crippen molar-refractivity contribution in [2.24, 2.45) is 0 Å². The summed E-state index contributed by atoms with van der Waals surface area (Å²) in [5.41, 5.74) is 0.246. The van der Waals surface area contributed by atoms with Crippen LogP contribution >= 0.6 is 23.2 Å². The van der Waals surface area contributed by atoms with Crippen LogP contribution in [0.25, 0.3) is 0 Å². The summed E-state index contributed by atoms with van der Waals surface area (Å²) in [6.45, 7) is 4.04. The summed E-state index contributed by atoms with van der Waals surface area (Å²) in [6, 6.07) is 1.43. The molecule has 0 saturated heterocycles. The van der Waals surface area contributed by atoms with E-state index in [0.29, 0.717) is 6.54 Å². The molecule has 1 aromatic heterocycles. The third-order valence-corrected chi connectivity index (χ3v) is 2.94. The number of aromatic amines is 1. The van der Waals surface area contributed by atoms with Crippen LogP contribution in [0.5, 0.6) is 0 Å². The first-order chi connectivity index (χ1) is 8.49. The van der Waals surface area contributed by atoms with E-state index >= 15 is 0 Å². The van der Waals surface area contributed by atoms with Crippen molar-refractivity contribution < 1.29 is 14.3 Å². The van der Waals surface area contributed by atoms with Crippen molar-refractivity contribution >= 4 is 35.1 Å². The van der Waals surface area contributed by atoms with E-state index in [1.54, 1.807) is 13.8 Å². The number of carbonyl (C=O) groups excluding carboxylic acids is 2. The monoisotopic (exact) mass is 292 g/mol. The molecule has 1 N–H and O–H groups in total. The van der Waals surface area contributed by atoms with Gasteiger partial charge in [0.15, 0.2) is 0 Å². The SMILES string of the molecule is CCOC(=O)CN(CC)C(=O)c1cc(Cl)c(Cl)[nH]1. The molecule has 1 rings (SSSR count). The molecule has 0 aliphatic carbocycles. The highest BCUT2D eigenvalue weighted by molar-refractivity contribution is 6.41. The third-order valence-electron chi connectivity index (χ3n) is 2.25. The van der Waals surface area contributed by atoms with Gasteiger partial charge >= 0.3 is 5.97 Å². The Bertz CT molecular complexity index is 426. The number of hydrogen-bond acceptors (Lipinski definition) is 3. The summed E-state index contributed by atoms with van der Waals surface area (Å²) in [5, 5.41) is 0.472. The van der Waals surface area contributed by atoms with Crippen LogP contribution in [0.2, 0.25) is 10.2 Å². The zero-order valence-corrected chi connectivity index (χ0v) is 11.6. The highest BCUT2D eigenvalue weighted by Gasteiger charge is 2.20. The molecular weight excluding hydrogens is 279 g/mol. The van der Waals surface area contributed by atoms with Crippen LogP contribution in [0.15, 0.2) is 6.07 Å². The molecule has 0 bridgehead atoms. The number of aromatic nitrogens is 1. The molecule has 5 nitrogen and oxygen atoms in total. The highest BCUT2D eigenvalue weighted by atomic mass is 35.5.